The molecule has 0 saturated heterocycles. The molecule has 3 nitrogen and oxygen atoms in total. The Balaban J connectivity index is 1.48. The smallest absolute Gasteiger partial charge is 0.228 e. The van der Waals surface area contributed by atoms with Gasteiger partial charge in [0.25, 0.3) is 0 Å². The van der Waals surface area contributed by atoms with Crippen LogP contribution in [-0.2, 0) is 12.8 Å². The molecule has 1 heterocycles. The molecule has 0 radical (unpaired) electrons. The molecule has 2 aromatic rings. The Morgan fingerprint density at radius 1 is 1.00 bits per heavy atom. The molecule has 2 aliphatic carbocycles. The molecule has 1 aromatic heterocycles. The topological polar surface area (TPSA) is 38.1 Å². The molecule has 116 valence electrons. The fourth-order valence-corrected chi connectivity index (χ4v) is 3.97. The van der Waals surface area contributed by atoms with Crippen molar-refractivity contribution in [2.45, 2.75) is 63.3 Å². The summed E-state index contributed by atoms with van der Waals surface area (Å²) >= 11 is 0. The van der Waals surface area contributed by atoms with Crippen LogP contribution in [0.4, 0.5) is 5.88 Å². The van der Waals surface area contributed by atoms with Crippen LogP contribution in [0.1, 0.15) is 61.3 Å². The van der Waals surface area contributed by atoms with Crippen LogP contribution in [0, 0.1) is 0 Å². The van der Waals surface area contributed by atoms with Gasteiger partial charge in [-0.05, 0) is 37.2 Å². The second-order valence-corrected chi connectivity index (χ2v) is 6.77. The van der Waals surface area contributed by atoms with Gasteiger partial charge >= 0.3 is 0 Å². The highest BCUT2D eigenvalue weighted by molar-refractivity contribution is 5.46. The van der Waals surface area contributed by atoms with Gasteiger partial charge in [-0.25, -0.2) is 0 Å². The number of hydrogen-bond acceptors (Lipinski definition) is 3. The summed E-state index contributed by atoms with van der Waals surface area (Å²) in [4.78, 5) is 0. The predicted octanol–water partition coefficient (Wildman–Crippen LogP) is 4.69. The van der Waals surface area contributed by atoms with Crippen LogP contribution in [-0.4, -0.2) is 11.2 Å². The first-order chi connectivity index (χ1) is 10.9. The van der Waals surface area contributed by atoms with Crippen molar-refractivity contribution in [2.75, 3.05) is 5.32 Å². The average molecular weight is 296 g/mol. The fraction of sp³-hybridized carbons (Fsp3) is 0.526. The number of rotatable bonds is 3. The van der Waals surface area contributed by atoms with E-state index in [1.165, 1.54) is 55.3 Å². The van der Waals surface area contributed by atoms with E-state index in [1.807, 2.05) is 0 Å². The first kappa shape index (κ1) is 13.9. The van der Waals surface area contributed by atoms with Gasteiger partial charge in [-0.2, -0.15) is 0 Å². The van der Waals surface area contributed by atoms with Gasteiger partial charge < -0.3 is 9.84 Å². The van der Waals surface area contributed by atoms with Gasteiger partial charge in [-0.15, -0.1) is 0 Å². The molecular formula is C19H24N2O. The molecule has 1 saturated carbocycles. The van der Waals surface area contributed by atoms with Crippen molar-refractivity contribution in [2.24, 2.45) is 0 Å². The van der Waals surface area contributed by atoms with Gasteiger partial charge in [0.15, 0.2) is 0 Å². The molecule has 1 unspecified atom stereocenters. The van der Waals surface area contributed by atoms with Gasteiger partial charge in [0.2, 0.25) is 5.88 Å². The van der Waals surface area contributed by atoms with Gasteiger partial charge in [0.05, 0.1) is 5.69 Å². The molecular weight excluding hydrogens is 272 g/mol. The lowest BCUT2D eigenvalue weighted by Crippen LogP contribution is -2.23. The maximum Gasteiger partial charge on any atom is 0.228 e. The third-order valence-corrected chi connectivity index (χ3v) is 5.26. The molecule has 1 atom stereocenters. The van der Waals surface area contributed by atoms with E-state index in [-0.39, 0.29) is 0 Å². The highest BCUT2D eigenvalue weighted by Crippen LogP contribution is 2.36. The quantitative estimate of drug-likeness (QED) is 0.892. The van der Waals surface area contributed by atoms with Crippen molar-refractivity contribution in [1.82, 2.24) is 5.16 Å². The second-order valence-electron chi connectivity index (χ2n) is 6.77. The molecule has 22 heavy (non-hydrogen) atoms. The summed E-state index contributed by atoms with van der Waals surface area (Å²) in [5, 5.41) is 7.97. The molecule has 3 heteroatoms. The van der Waals surface area contributed by atoms with Crippen LogP contribution in [0.5, 0.6) is 0 Å². The number of nitrogens with zero attached hydrogens (tertiary/aromatic N) is 1. The zero-order chi connectivity index (χ0) is 14.8. The molecule has 1 fully saturated rings. The average Bonchev–Trinajstić information content (AvgIpc) is 2.99. The molecule has 0 aliphatic heterocycles. The van der Waals surface area contributed by atoms with Gasteiger partial charge in [-0.3, -0.25) is 0 Å². The van der Waals surface area contributed by atoms with Crippen molar-refractivity contribution in [1.29, 1.82) is 0 Å². The Kier molecular flexibility index (Phi) is 3.88. The van der Waals surface area contributed by atoms with Crippen LogP contribution in [0.15, 0.2) is 34.9 Å². The third-order valence-electron chi connectivity index (χ3n) is 5.26. The maximum atomic E-state index is 5.64. The van der Waals surface area contributed by atoms with E-state index in [4.69, 9.17) is 4.52 Å². The highest BCUT2D eigenvalue weighted by atomic mass is 16.5. The minimum atomic E-state index is 0.581. The molecule has 0 bridgehead atoms. The molecule has 2 aliphatic rings. The zero-order valence-corrected chi connectivity index (χ0v) is 13.1. The predicted molar refractivity (Wildman–Crippen MR) is 88.2 cm³/mol. The van der Waals surface area contributed by atoms with Crippen LogP contribution in [0.2, 0.25) is 0 Å². The summed E-state index contributed by atoms with van der Waals surface area (Å²) in [5.74, 6) is 1.54. The van der Waals surface area contributed by atoms with Gasteiger partial charge in [0.1, 0.15) is 0 Å². The Morgan fingerprint density at radius 3 is 2.64 bits per heavy atom. The van der Waals surface area contributed by atoms with Crippen LogP contribution in [0.25, 0.3) is 0 Å². The van der Waals surface area contributed by atoms with E-state index in [0.717, 1.165) is 18.7 Å². The largest absolute Gasteiger partial charge is 0.351 e. The lowest BCUT2D eigenvalue weighted by molar-refractivity contribution is 0.402. The zero-order valence-electron chi connectivity index (χ0n) is 13.1. The van der Waals surface area contributed by atoms with Crippen molar-refractivity contribution >= 4 is 5.88 Å². The van der Waals surface area contributed by atoms with E-state index in [0.29, 0.717) is 12.0 Å². The highest BCUT2D eigenvalue weighted by Gasteiger charge is 2.27. The number of aromatic nitrogens is 1. The number of nitrogens with one attached hydrogen (secondary N) is 1. The van der Waals surface area contributed by atoms with E-state index in [2.05, 4.69) is 40.8 Å². The minimum Gasteiger partial charge on any atom is -0.351 e. The number of hydrogen-bond donors (Lipinski definition) is 1. The Labute approximate surface area is 132 Å². The minimum absolute atomic E-state index is 0.581. The Hall–Kier alpha value is -1.77. The number of fused-ring (bicyclic) bond motifs is 1. The maximum absolute atomic E-state index is 5.64. The van der Waals surface area contributed by atoms with E-state index in [9.17, 15) is 0 Å². The molecule has 1 aromatic carbocycles. The van der Waals surface area contributed by atoms with Crippen LogP contribution < -0.4 is 5.32 Å². The molecule has 0 amide bonds. The Bertz CT molecular complexity index is 614. The summed E-state index contributed by atoms with van der Waals surface area (Å²) in [5.41, 5.74) is 3.93. The van der Waals surface area contributed by atoms with Crippen molar-refractivity contribution in [3.8, 4) is 0 Å². The summed E-state index contributed by atoms with van der Waals surface area (Å²) < 4.78 is 5.64. The summed E-state index contributed by atoms with van der Waals surface area (Å²) in [6.45, 7) is 0. The number of benzene rings is 1. The van der Waals surface area contributed by atoms with E-state index in [1.54, 1.807) is 0 Å². The first-order valence-corrected chi connectivity index (χ1v) is 8.69. The second kappa shape index (κ2) is 6.15. The Morgan fingerprint density at radius 2 is 1.82 bits per heavy atom. The van der Waals surface area contributed by atoms with Crippen molar-refractivity contribution in [3.63, 3.8) is 0 Å². The standard InChI is InChI=1S/C19H24N2O/c1-3-7-14(8-4-1)15-11-12-17-18(13-15)21-22-19(17)20-16-9-5-2-6-10-16/h1,3-4,7-8,15-16,20H,2,5-6,9-13H2. The first-order valence-electron chi connectivity index (χ1n) is 8.69. The lowest BCUT2D eigenvalue weighted by atomic mass is 9.83. The SMILES string of the molecule is c1ccc(C2CCc3c(noc3NC3CCCCC3)C2)cc1. The van der Waals surface area contributed by atoms with Crippen molar-refractivity contribution < 1.29 is 4.52 Å². The van der Waals surface area contributed by atoms with E-state index < -0.39 is 0 Å². The van der Waals surface area contributed by atoms with E-state index >= 15 is 0 Å². The molecule has 0 spiro atoms. The van der Waals surface area contributed by atoms with Crippen molar-refractivity contribution in [3.05, 3.63) is 47.2 Å². The normalized spacial score (nSPS) is 22.3. The van der Waals surface area contributed by atoms with Gasteiger partial charge in [0, 0.05) is 18.0 Å². The summed E-state index contributed by atoms with van der Waals surface area (Å²) in [6, 6.07) is 11.4. The van der Waals surface area contributed by atoms with Gasteiger partial charge in [-0.1, -0.05) is 54.8 Å². The fourth-order valence-electron chi connectivity index (χ4n) is 3.97. The molecule has 1 N–H and O–H groups in total. The monoisotopic (exact) mass is 296 g/mol. The number of anilines is 1. The lowest BCUT2D eigenvalue weighted by Gasteiger charge is -2.24. The summed E-state index contributed by atoms with van der Waals surface area (Å²) in [7, 11) is 0. The molecule has 4 rings (SSSR count). The summed E-state index contributed by atoms with van der Waals surface area (Å²) in [6.07, 6.45) is 9.87. The van der Waals surface area contributed by atoms with Crippen LogP contribution >= 0.6 is 0 Å². The third kappa shape index (κ3) is 2.77. The van der Waals surface area contributed by atoms with Crippen LogP contribution in [0.3, 0.4) is 0 Å².